The topological polar surface area (TPSA) is 57.0 Å². The van der Waals surface area contributed by atoms with Crippen LogP contribution in [0.5, 0.6) is 0 Å². The van der Waals surface area contributed by atoms with Crippen LogP contribution in [0.15, 0.2) is 0 Å². The van der Waals surface area contributed by atoms with E-state index in [1.165, 1.54) is 0 Å². The molecule has 0 aromatic carbocycles. The third-order valence-electron chi connectivity index (χ3n) is 0. The predicted molar refractivity (Wildman–Crippen MR) is 12.9 cm³/mol. The minimum atomic E-state index is 0. The Balaban J connectivity index is -0.00000000167. The van der Waals surface area contributed by atoms with Crippen LogP contribution in [0.4, 0.5) is 0 Å². The maximum Gasteiger partial charge on any atom is 4.00 e. The summed E-state index contributed by atoms with van der Waals surface area (Å²) in [5.74, 6) is 0. The van der Waals surface area contributed by atoms with Crippen molar-refractivity contribution >= 4 is 32.3 Å². The largest absolute Gasteiger partial charge is 4.00 e. The molecule has 0 spiro atoms. The van der Waals surface area contributed by atoms with E-state index >= 15 is 0 Å². The second-order valence-corrected chi connectivity index (χ2v) is 0. The number of hydrogen-bond acceptors (Lipinski definition) is 0. The van der Waals surface area contributed by atoms with Gasteiger partial charge < -0.3 is 11.0 Å². The minimum absolute atomic E-state index is 0. The van der Waals surface area contributed by atoms with Crippen LogP contribution >= 0.6 is 0 Å². The molecule has 26 valence electrons. The Hall–Kier alpha value is 1.97. The van der Waals surface area contributed by atoms with E-state index in [-0.39, 0.29) is 32.7 Å². The molecule has 0 N–H and O–H groups in total. The van der Waals surface area contributed by atoms with Crippen LogP contribution < -0.4 is 0 Å². The van der Waals surface area contributed by atoms with Gasteiger partial charge in [-0.15, -0.1) is 0 Å². The van der Waals surface area contributed by atoms with Gasteiger partial charge in [-0.2, -0.15) is 0 Å². The van der Waals surface area contributed by atoms with E-state index in [1.54, 1.807) is 20.2 Å². The normalized spacial score (nSPS) is 0.800. The molecule has 0 aliphatic heterocycles. The zero-order valence-electron chi connectivity index (χ0n) is 2.17. The first kappa shape index (κ1) is 28.2. The zero-order chi connectivity index (χ0) is 2.00. The minimum Gasteiger partial charge on any atom is 4.00 e. The van der Waals surface area contributed by atoms with Gasteiger partial charge in [0, 0.05) is 0 Å². The second-order valence-electron chi connectivity index (χ2n) is 0. The molecule has 0 aliphatic carbocycles. The van der Waals surface area contributed by atoms with Gasteiger partial charge in [-0.25, -0.2) is 0 Å². The molecule has 2 radical (unpaired) electrons. The summed E-state index contributed by atoms with van der Waals surface area (Å²) in [6.07, 6.45) is 0. The quantitative estimate of drug-likeness (QED) is 0.511. The summed E-state index contributed by atoms with van der Waals surface area (Å²) >= 11 is 4.30. The molecule has 0 fully saturated rings. The Morgan fingerprint density at radius 3 is 1.00 bits per heavy atom. The van der Waals surface area contributed by atoms with Crippen molar-refractivity contribution in [2.45, 2.75) is 0 Å². The summed E-state index contributed by atoms with van der Waals surface area (Å²) in [4.78, 5) is 0. The molecule has 0 heterocycles. The molecule has 0 aliphatic rings. The summed E-state index contributed by atoms with van der Waals surface area (Å²) in [5, 5.41) is 0. The predicted octanol–water partition coefficient (Wildman–Crippen LogP) is -1.00. The molecule has 0 unspecified atom stereocenters. The van der Waals surface area contributed by atoms with E-state index < -0.39 is 0 Å². The van der Waals surface area contributed by atoms with Crippen molar-refractivity contribution in [2.75, 3.05) is 0 Å². The van der Waals surface area contributed by atoms with Gasteiger partial charge in [-0.1, -0.05) is 0 Å². The Morgan fingerprint density at radius 1 is 1.00 bits per heavy atom. The molecule has 0 atom stereocenters. The maximum absolute atomic E-state index is 2.68. The van der Waals surface area contributed by atoms with E-state index in [1.807, 2.05) is 0 Å². The first-order valence-electron chi connectivity index (χ1n) is 0.183. The fraction of sp³-hybridized carbons (Fsp3) is 0. The van der Waals surface area contributed by atoms with Gasteiger partial charge in [-0.05, 0) is 0 Å². The summed E-state index contributed by atoms with van der Waals surface area (Å²) in [5.41, 5.74) is 0. The van der Waals surface area contributed by atoms with Gasteiger partial charge in [0.05, 0.1) is 0 Å². The summed E-state index contributed by atoms with van der Waals surface area (Å²) in [6, 6.07) is 0. The van der Waals surface area contributed by atoms with Crippen molar-refractivity contribution in [3.8, 4) is 0 Å². The average molecular weight is 281 g/mol. The van der Waals surface area contributed by atoms with E-state index in [2.05, 4.69) is 12.1 Å². The third kappa shape index (κ3) is 24.2. The van der Waals surface area contributed by atoms with Crippen molar-refractivity contribution in [3.63, 3.8) is 0 Å². The van der Waals surface area contributed by atoms with E-state index in [9.17, 15) is 0 Å². The monoisotopic (exact) mass is 281 g/mol. The SMILES string of the molecule is [O-2].[O-2].[Se]=[Sb+].[Ti+4]. The van der Waals surface area contributed by atoms with Gasteiger partial charge in [0.1, 0.15) is 0 Å². The maximum atomic E-state index is 2.68. The van der Waals surface area contributed by atoms with Crippen LogP contribution in [0, 0.1) is 0 Å². The Morgan fingerprint density at radius 2 is 1.00 bits per heavy atom. The van der Waals surface area contributed by atoms with Gasteiger partial charge in [0.25, 0.3) is 0 Å². The first-order valence-corrected chi connectivity index (χ1v) is 6.36. The van der Waals surface area contributed by atoms with Crippen LogP contribution in [-0.2, 0) is 32.7 Å². The zero-order valence-corrected chi connectivity index (χ0v) is 8.00. The fourth-order valence-corrected chi connectivity index (χ4v) is 0. The van der Waals surface area contributed by atoms with Crippen molar-refractivity contribution in [1.82, 2.24) is 0 Å². The molecular weight excluding hydrogens is 281 g/mol. The smallest absolute Gasteiger partial charge is 4.00 e. The van der Waals surface area contributed by atoms with E-state index in [0.29, 0.717) is 0 Å². The fourth-order valence-electron chi connectivity index (χ4n) is 0. The van der Waals surface area contributed by atoms with Crippen molar-refractivity contribution in [2.24, 2.45) is 0 Å². The molecule has 0 aromatic rings. The third-order valence-corrected chi connectivity index (χ3v) is 0. The van der Waals surface area contributed by atoms with Gasteiger partial charge >= 0.3 is 54.0 Å². The second kappa shape index (κ2) is 38.0. The number of rotatable bonds is 0. The summed E-state index contributed by atoms with van der Waals surface area (Å²) in [6.45, 7) is 0. The number of hydrogen-bond donors (Lipinski definition) is 0. The molecule has 0 amide bonds. The van der Waals surface area contributed by atoms with Crippen LogP contribution in [0.2, 0.25) is 0 Å². The molecule has 0 saturated heterocycles. The molecule has 0 bridgehead atoms. The molecule has 0 rings (SSSR count). The van der Waals surface area contributed by atoms with Gasteiger partial charge in [0.2, 0.25) is 0 Å². The van der Waals surface area contributed by atoms with Gasteiger partial charge in [-0.3, -0.25) is 0 Å². The molecular formula is O2SbSeTi+. The van der Waals surface area contributed by atoms with Crippen LogP contribution in [0.3, 0.4) is 0 Å². The van der Waals surface area contributed by atoms with Crippen LogP contribution in [-0.4, -0.2) is 32.3 Å². The average Bonchev–Trinajstić information content (AvgIpc) is 1.00. The van der Waals surface area contributed by atoms with E-state index in [0.717, 1.165) is 0 Å². The van der Waals surface area contributed by atoms with Crippen molar-refractivity contribution in [3.05, 3.63) is 0 Å². The Kier molecular flexibility index (Phi) is 214. The van der Waals surface area contributed by atoms with Crippen molar-refractivity contribution < 1.29 is 32.7 Å². The van der Waals surface area contributed by atoms with Crippen LogP contribution in [0.1, 0.15) is 0 Å². The molecule has 0 aromatic heterocycles. The van der Waals surface area contributed by atoms with Crippen LogP contribution in [0.25, 0.3) is 0 Å². The first-order chi connectivity index (χ1) is 1.00. The Bertz CT molecular complexity index is 9.61. The van der Waals surface area contributed by atoms with Gasteiger partial charge in [0.15, 0.2) is 0 Å². The standard InChI is InChI=1S/2O.Sb.Se.Ti/q2*-2;+1;;+4. The molecule has 0 saturated carbocycles. The molecule has 5 heteroatoms. The van der Waals surface area contributed by atoms with Crippen molar-refractivity contribution in [1.29, 1.82) is 0 Å². The van der Waals surface area contributed by atoms with E-state index in [4.69, 9.17) is 0 Å². The molecule has 2 nitrogen and oxygen atoms in total. The molecule has 5 heavy (non-hydrogen) atoms. The summed E-state index contributed by atoms with van der Waals surface area (Å²) in [7, 11) is 0. The summed E-state index contributed by atoms with van der Waals surface area (Å²) < 4.78 is 0. The Labute approximate surface area is 64.3 Å².